The van der Waals surface area contributed by atoms with E-state index in [4.69, 9.17) is 0 Å². The molecule has 3 aliphatic rings. The summed E-state index contributed by atoms with van der Waals surface area (Å²) in [5.74, 6) is 0.918. The van der Waals surface area contributed by atoms with Gasteiger partial charge in [-0.25, -0.2) is 0 Å². The van der Waals surface area contributed by atoms with Crippen LogP contribution in [-0.2, 0) is 4.79 Å². The highest BCUT2D eigenvalue weighted by atomic mass is 16.1. The number of likely N-dealkylation sites (tertiary alicyclic amines) is 2. The smallest absolute Gasteiger partial charge is 0.149 e. The molecule has 0 aromatic carbocycles. The van der Waals surface area contributed by atoms with Gasteiger partial charge in [0.15, 0.2) is 0 Å². The molecule has 2 heterocycles. The fourth-order valence-corrected chi connectivity index (χ4v) is 4.13. The van der Waals surface area contributed by atoms with Crippen molar-refractivity contribution < 1.29 is 4.79 Å². The van der Waals surface area contributed by atoms with Gasteiger partial charge in [0.05, 0.1) is 6.54 Å². The summed E-state index contributed by atoms with van der Waals surface area (Å²) in [6.45, 7) is 5.58. The third-order valence-corrected chi connectivity index (χ3v) is 5.34. The van der Waals surface area contributed by atoms with Crippen molar-refractivity contribution in [2.24, 2.45) is 5.92 Å². The lowest BCUT2D eigenvalue weighted by molar-refractivity contribution is -0.124. The van der Waals surface area contributed by atoms with Gasteiger partial charge in [-0.1, -0.05) is 19.3 Å². The number of rotatable bonds is 4. The zero-order valence-electron chi connectivity index (χ0n) is 12.1. The molecule has 108 valence electrons. The molecule has 3 rings (SSSR count). The van der Waals surface area contributed by atoms with Gasteiger partial charge in [0, 0.05) is 25.0 Å². The van der Waals surface area contributed by atoms with Crippen molar-refractivity contribution in [1.82, 2.24) is 9.80 Å². The van der Waals surface area contributed by atoms with E-state index in [9.17, 15) is 4.79 Å². The predicted molar refractivity (Wildman–Crippen MR) is 77.2 cm³/mol. The maximum absolute atomic E-state index is 12.3. The Morgan fingerprint density at radius 2 is 1.63 bits per heavy atom. The second kappa shape index (κ2) is 6.36. The highest BCUT2D eigenvalue weighted by Crippen LogP contribution is 2.26. The molecule has 1 saturated carbocycles. The monoisotopic (exact) mass is 264 g/mol. The van der Waals surface area contributed by atoms with Crippen LogP contribution in [-0.4, -0.2) is 54.3 Å². The zero-order valence-corrected chi connectivity index (χ0v) is 12.1. The predicted octanol–water partition coefficient (Wildman–Crippen LogP) is 2.31. The lowest BCUT2D eigenvalue weighted by Crippen LogP contribution is -2.37. The fraction of sp³-hybridized carbons (Fsp3) is 0.938. The van der Waals surface area contributed by atoms with Gasteiger partial charge in [0.1, 0.15) is 5.78 Å². The van der Waals surface area contributed by atoms with E-state index < -0.39 is 0 Å². The van der Waals surface area contributed by atoms with Crippen molar-refractivity contribution in [3.8, 4) is 0 Å². The van der Waals surface area contributed by atoms with Gasteiger partial charge < -0.3 is 0 Å². The normalized spacial score (nSPS) is 31.1. The van der Waals surface area contributed by atoms with Gasteiger partial charge in [-0.3, -0.25) is 14.6 Å². The summed E-state index contributed by atoms with van der Waals surface area (Å²) in [7, 11) is 0. The van der Waals surface area contributed by atoms with Crippen LogP contribution in [0.1, 0.15) is 51.4 Å². The molecule has 3 fully saturated rings. The van der Waals surface area contributed by atoms with Crippen molar-refractivity contribution >= 4 is 5.78 Å². The highest BCUT2D eigenvalue weighted by molar-refractivity contribution is 5.83. The average molecular weight is 264 g/mol. The van der Waals surface area contributed by atoms with E-state index in [1.165, 1.54) is 51.6 Å². The Morgan fingerprint density at radius 1 is 0.895 bits per heavy atom. The van der Waals surface area contributed by atoms with Crippen LogP contribution in [0.25, 0.3) is 0 Å². The van der Waals surface area contributed by atoms with Crippen LogP contribution in [0.4, 0.5) is 0 Å². The van der Waals surface area contributed by atoms with Crippen molar-refractivity contribution in [3.63, 3.8) is 0 Å². The van der Waals surface area contributed by atoms with Gasteiger partial charge >= 0.3 is 0 Å². The maximum atomic E-state index is 12.3. The Kier molecular flexibility index (Phi) is 4.54. The quantitative estimate of drug-likeness (QED) is 0.778. The Balaban J connectivity index is 1.44. The summed E-state index contributed by atoms with van der Waals surface area (Å²) in [6, 6.07) is 0.738. The molecule has 0 radical (unpaired) electrons. The van der Waals surface area contributed by atoms with E-state index in [0.717, 1.165) is 38.5 Å². The van der Waals surface area contributed by atoms with E-state index >= 15 is 0 Å². The SMILES string of the molecule is O=C(CN1CCC(N2CCCC2)C1)C1CCCCC1. The third kappa shape index (κ3) is 3.38. The van der Waals surface area contributed by atoms with E-state index in [2.05, 4.69) is 9.80 Å². The summed E-state index contributed by atoms with van der Waals surface area (Å²) in [5, 5.41) is 0. The molecule has 0 bridgehead atoms. The molecule has 1 aliphatic carbocycles. The molecular weight excluding hydrogens is 236 g/mol. The van der Waals surface area contributed by atoms with Crippen molar-refractivity contribution in [2.75, 3.05) is 32.7 Å². The van der Waals surface area contributed by atoms with Gasteiger partial charge in [0.25, 0.3) is 0 Å². The standard InChI is InChI=1S/C16H28N2O/c19-16(14-6-2-1-3-7-14)13-17-11-8-15(12-17)18-9-4-5-10-18/h14-15H,1-13H2. The van der Waals surface area contributed by atoms with Crippen LogP contribution in [0.15, 0.2) is 0 Å². The molecule has 0 N–H and O–H groups in total. The second-order valence-corrected chi connectivity index (χ2v) is 6.72. The van der Waals surface area contributed by atoms with Gasteiger partial charge in [-0.05, 0) is 45.2 Å². The Morgan fingerprint density at radius 3 is 2.37 bits per heavy atom. The molecule has 3 heteroatoms. The van der Waals surface area contributed by atoms with Gasteiger partial charge in [0.2, 0.25) is 0 Å². The summed E-state index contributed by atoms with van der Waals surface area (Å²) >= 11 is 0. The molecule has 1 unspecified atom stereocenters. The molecular formula is C16H28N2O. The Labute approximate surface area is 117 Å². The summed E-state index contributed by atoms with van der Waals surface area (Å²) in [6.07, 6.45) is 10.2. The number of hydrogen-bond acceptors (Lipinski definition) is 3. The van der Waals surface area contributed by atoms with E-state index in [0.29, 0.717) is 11.7 Å². The number of Topliss-reactive ketones (excluding diaryl/α,β-unsaturated/α-hetero) is 1. The first-order valence-electron chi connectivity index (χ1n) is 8.32. The molecule has 0 aromatic rings. The minimum atomic E-state index is 0.389. The highest BCUT2D eigenvalue weighted by Gasteiger charge is 2.31. The number of ketones is 1. The van der Waals surface area contributed by atoms with Crippen LogP contribution < -0.4 is 0 Å². The van der Waals surface area contributed by atoms with Gasteiger partial charge in [-0.15, -0.1) is 0 Å². The van der Waals surface area contributed by atoms with Crippen LogP contribution in [0, 0.1) is 5.92 Å². The summed E-state index contributed by atoms with van der Waals surface area (Å²) < 4.78 is 0. The minimum Gasteiger partial charge on any atom is -0.299 e. The molecule has 1 atom stereocenters. The van der Waals surface area contributed by atoms with Crippen molar-refractivity contribution in [1.29, 1.82) is 0 Å². The molecule has 0 amide bonds. The molecule has 2 saturated heterocycles. The van der Waals surface area contributed by atoms with Gasteiger partial charge in [-0.2, -0.15) is 0 Å². The van der Waals surface area contributed by atoms with E-state index in [1.54, 1.807) is 0 Å². The lowest BCUT2D eigenvalue weighted by Gasteiger charge is -2.25. The number of carbonyl (C=O) groups is 1. The lowest BCUT2D eigenvalue weighted by atomic mass is 9.86. The third-order valence-electron chi connectivity index (χ3n) is 5.34. The minimum absolute atomic E-state index is 0.389. The van der Waals surface area contributed by atoms with E-state index in [1.807, 2.05) is 0 Å². The number of hydrogen-bond donors (Lipinski definition) is 0. The molecule has 3 nitrogen and oxygen atoms in total. The molecule has 0 spiro atoms. The number of carbonyl (C=O) groups excluding carboxylic acids is 1. The van der Waals surface area contributed by atoms with Crippen LogP contribution in [0.5, 0.6) is 0 Å². The van der Waals surface area contributed by atoms with Crippen LogP contribution >= 0.6 is 0 Å². The van der Waals surface area contributed by atoms with E-state index in [-0.39, 0.29) is 0 Å². The largest absolute Gasteiger partial charge is 0.299 e. The topological polar surface area (TPSA) is 23.6 Å². The zero-order chi connectivity index (χ0) is 13.1. The molecule has 19 heavy (non-hydrogen) atoms. The first kappa shape index (κ1) is 13.6. The second-order valence-electron chi connectivity index (χ2n) is 6.72. The fourth-order valence-electron chi connectivity index (χ4n) is 4.13. The number of nitrogens with zero attached hydrogens (tertiary/aromatic N) is 2. The Bertz CT molecular complexity index is 306. The first-order chi connectivity index (χ1) is 9.33. The average Bonchev–Trinajstić information content (AvgIpc) is 3.10. The molecule has 0 aromatic heterocycles. The van der Waals surface area contributed by atoms with Crippen LogP contribution in [0.3, 0.4) is 0 Å². The summed E-state index contributed by atoms with van der Waals surface area (Å²) in [4.78, 5) is 17.4. The molecule has 2 aliphatic heterocycles. The Hall–Kier alpha value is -0.410. The summed E-state index contributed by atoms with van der Waals surface area (Å²) in [5.41, 5.74) is 0. The first-order valence-corrected chi connectivity index (χ1v) is 8.32. The van der Waals surface area contributed by atoms with Crippen LogP contribution in [0.2, 0.25) is 0 Å². The maximum Gasteiger partial charge on any atom is 0.149 e. The van der Waals surface area contributed by atoms with Crippen molar-refractivity contribution in [3.05, 3.63) is 0 Å². The van der Waals surface area contributed by atoms with Crippen molar-refractivity contribution in [2.45, 2.75) is 57.4 Å².